The van der Waals surface area contributed by atoms with Gasteiger partial charge in [-0.3, -0.25) is 4.79 Å². The second-order valence-electron chi connectivity index (χ2n) is 5.26. The lowest BCUT2D eigenvalue weighted by molar-refractivity contribution is -0.129. The summed E-state index contributed by atoms with van der Waals surface area (Å²) in [4.78, 5) is 12.0. The van der Waals surface area contributed by atoms with Gasteiger partial charge in [-0.05, 0) is 31.4 Å². The van der Waals surface area contributed by atoms with Crippen molar-refractivity contribution in [2.45, 2.75) is 32.3 Å². The first-order valence-electron chi connectivity index (χ1n) is 7.46. The van der Waals surface area contributed by atoms with Crippen LogP contribution in [0.1, 0.15) is 26.2 Å². The molecule has 5 heteroatoms. The molecular weight excluding hydrogens is 273 g/mol. The molecule has 2 unspecified atom stereocenters. The Morgan fingerprint density at radius 2 is 2.43 bits per heavy atom. The van der Waals surface area contributed by atoms with Crippen molar-refractivity contribution in [1.82, 2.24) is 5.32 Å². The van der Waals surface area contributed by atoms with E-state index in [1.54, 1.807) is 12.1 Å². The van der Waals surface area contributed by atoms with Crippen LogP contribution in [-0.2, 0) is 9.53 Å². The molecule has 2 rings (SSSR count). The van der Waals surface area contributed by atoms with Gasteiger partial charge in [-0.15, -0.1) is 0 Å². The first kappa shape index (κ1) is 15.8. The SMILES string of the molecule is CCC(CNC(=O)C1CCCOC1)Oc1cccc(F)c1. The first-order chi connectivity index (χ1) is 10.2. The number of carbonyl (C=O) groups is 1. The minimum atomic E-state index is -0.328. The van der Waals surface area contributed by atoms with Crippen molar-refractivity contribution in [3.63, 3.8) is 0 Å². The van der Waals surface area contributed by atoms with Crippen molar-refractivity contribution in [2.75, 3.05) is 19.8 Å². The van der Waals surface area contributed by atoms with Gasteiger partial charge in [0.05, 0.1) is 19.1 Å². The standard InChI is InChI=1S/C16H22FNO3/c1-2-14(21-15-7-3-6-13(17)9-15)10-18-16(19)12-5-4-8-20-11-12/h3,6-7,9,12,14H,2,4-5,8,10-11H2,1H3,(H,18,19). The number of ether oxygens (including phenoxy) is 2. The van der Waals surface area contributed by atoms with E-state index < -0.39 is 0 Å². The Morgan fingerprint density at radius 1 is 1.57 bits per heavy atom. The molecule has 0 radical (unpaired) electrons. The average Bonchev–Trinajstić information content (AvgIpc) is 2.52. The monoisotopic (exact) mass is 295 g/mol. The Kier molecular flexibility index (Phi) is 5.99. The summed E-state index contributed by atoms with van der Waals surface area (Å²) in [6.45, 7) is 3.62. The molecule has 0 aromatic heterocycles. The summed E-state index contributed by atoms with van der Waals surface area (Å²) in [5, 5.41) is 2.90. The third-order valence-electron chi connectivity index (χ3n) is 3.59. The van der Waals surface area contributed by atoms with Gasteiger partial charge in [0.15, 0.2) is 0 Å². The number of benzene rings is 1. The second kappa shape index (κ2) is 7.98. The quantitative estimate of drug-likeness (QED) is 0.877. The zero-order valence-electron chi connectivity index (χ0n) is 12.3. The molecule has 1 saturated heterocycles. The minimum Gasteiger partial charge on any atom is -0.489 e. The molecule has 1 aliphatic heterocycles. The number of carbonyl (C=O) groups excluding carboxylic acids is 1. The molecule has 1 aliphatic rings. The predicted molar refractivity (Wildman–Crippen MR) is 77.7 cm³/mol. The van der Waals surface area contributed by atoms with Crippen molar-refractivity contribution in [3.8, 4) is 5.75 Å². The minimum absolute atomic E-state index is 0.0102. The number of hydrogen-bond acceptors (Lipinski definition) is 3. The Balaban J connectivity index is 1.80. The van der Waals surface area contributed by atoms with Crippen LogP contribution >= 0.6 is 0 Å². The molecule has 2 atom stereocenters. The van der Waals surface area contributed by atoms with E-state index in [0.29, 0.717) is 18.9 Å². The van der Waals surface area contributed by atoms with Gasteiger partial charge in [-0.2, -0.15) is 0 Å². The molecular formula is C16H22FNO3. The van der Waals surface area contributed by atoms with Crippen LogP contribution in [0.5, 0.6) is 5.75 Å². The van der Waals surface area contributed by atoms with Gasteiger partial charge in [-0.25, -0.2) is 4.39 Å². The third-order valence-corrected chi connectivity index (χ3v) is 3.59. The second-order valence-corrected chi connectivity index (χ2v) is 5.26. The highest BCUT2D eigenvalue weighted by atomic mass is 19.1. The average molecular weight is 295 g/mol. The summed E-state index contributed by atoms with van der Waals surface area (Å²) >= 11 is 0. The van der Waals surface area contributed by atoms with Crippen LogP contribution in [0.15, 0.2) is 24.3 Å². The van der Waals surface area contributed by atoms with Crippen molar-refractivity contribution in [3.05, 3.63) is 30.1 Å². The predicted octanol–water partition coefficient (Wildman–Crippen LogP) is 2.53. The zero-order chi connectivity index (χ0) is 15.1. The number of halogens is 1. The fraction of sp³-hybridized carbons (Fsp3) is 0.562. The molecule has 1 aromatic rings. The van der Waals surface area contributed by atoms with E-state index in [1.807, 2.05) is 6.92 Å². The molecule has 4 nitrogen and oxygen atoms in total. The normalized spacial score (nSPS) is 19.8. The van der Waals surface area contributed by atoms with Gasteiger partial charge >= 0.3 is 0 Å². The van der Waals surface area contributed by atoms with Crippen molar-refractivity contribution in [2.24, 2.45) is 5.92 Å². The van der Waals surface area contributed by atoms with Crippen LogP contribution in [0.2, 0.25) is 0 Å². The van der Waals surface area contributed by atoms with Gasteiger partial charge in [0, 0.05) is 12.7 Å². The fourth-order valence-electron chi connectivity index (χ4n) is 2.31. The van der Waals surface area contributed by atoms with E-state index in [9.17, 15) is 9.18 Å². The molecule has 116 valence electrons. The number of rotatable bonds is 6. The van der Waals surface area contributed by atoms with Crippen molar-refractivity contribution in [1.29, 1.82) is 0 Å². The van der Waals surface area contributed by atoms with Gasteiger partial charge in [0.1, 0.15) is 17.7 Å². The van der Waals surface area contributed by atoms with Crippen LogP contribution < -0.4 is 10.1 Å². The van der Waals surface area contributed by atoms with E-state index in [-0.39, 0.29) is 23.7 Å². The largest absolute Gasteiger partial charge is 0.489 e. The smallest absolute Gasteiger partial charge is 0.225 e. The van der Waals surface area contributed by atoms with Crippen molar-refractivity contribution >= 4 is 5.91 Å². The zero-order valence-corrected chi connectivity index (χ0v) is 12.3. The molecule has 0 saturated carbocycles. The molecule has 1 fully saturated rings. The highest BCUT2D eigenvalue weighted by molar-refractivity contribution is 5.78. The third kappa shape index (κ3) is 5.01. The maximum atomic E-state index is 13.1. The first-order valence-corrected chi connectivity index (χ1v) is 7.46. The Labute approximate surface area is 124 Å². The number of nitrogens with one attached hydrogen (secondary N) is 1. The highest BCUT2D eigenvalue weighted by Crippen LogP contribution is 2.16. The van der Waals surface area contributed by atoms with Gasteiger partial charge in [-0.1, -0.05) is 13.0 Å². The maximum absolute atomic E-state index is 13.1. The summed E-state index contributed by atoms with van der Waals surface area (Å²) in [7, 11) is 0. The van der Waals surface area contributed by atoms with Crippen LogP contribution in [-0.4, -0.2) is 31.8 Å². The Bertz CT molecular complexity index is 461. The van der Waals surface area contributed by atoms with Gasteiger partial charge in [0.2, 0.25) is 5.91 Å². The summed E-state index contributed by atoms with van der Waals surface area (Å²) in [6, 6.07) is 6.04. The van der Waals surface area contributed by atoms with Crippen molar-refractivity contribution < 1.29 is 18.7 Å². The molecule has 21 heavy (non-hydrogen) atoms. The van der Waals surface area contributed by atoms with E-state index >= 15 is 0 Å². The number of hydrogen-bond donors (Lipinski definition) is 1. The van der Waals surface area contributed by atoms with E-state index in [0.717, 1.165) is 25.9 Å². The lowest BCUT2D eigenvalue weighted by Crippen LogP contribution is -2.40. The molecule has 0 aliphatic carbocycles. The van der Waals surface area contributed by atoms with Crippen LogP contribution in [0.3, 0.4) is 0 Å². The molecule has 1 amide bonds. The van der Waals surface area contributed by atoms with Gasteiger partial charge < -0.3 is 14.8 Å². The molecule has 1 heterocycles. The Hall–Kier alpha value is -1.62. The van der Waals surface area contributed by atoms with Crippen LogP contribution in [0.4, 0.5) is 4.39 Å². The van der Waals surface area contributed by atoms with Crippen LogP contribution in [0.25, 0.3) is 0 Å². The summed E-state index contributed by atoms with van der Waals surface area (Å²) < 4.78 is 24.1. The summed E-state index contributed by atoms with van der Waals surface area (Å²) in [5.41, 5.74) is 0. The van der Waals surface area contributed by atoms with E-state index in [4.69, 9.17) is 9.47 Å². The lowest BCUT2D eigenvalue weighted by Gasteiger charge is -2.23. The van der Waals surface area contributed by atoms with Crippen LogP contribution in [0, 0.1) is 11.7 Å². The summed E-state index contributed by atoms with van der Waals surface area (Å²) in [5.74, 6) is 0.101. The highest BCUT2D eigenvalue weighted by Gasteiger charge is 2.22. The lowest BCUT2D eigenvalue weighted by atomic mass is 10.0. The topological polar surface area (TPSA) is 47.6 Å². The molecule has 0 spiro atoms. The summed E-state index contributed by atoms with van der Waals surface area (Å²) in [6.07, 6.45) is 2.36. The maximum Gasteiger partial charge on any atom is 0.225 e. The Morgan fingerprint density at radius 3 is 3.10 bits per heavy atom. The molecule has 0 bridgehead atoms. The van der Waals surface area contributed by atoms with Gasteiger partial charge in [0.25, 0.3) is 0 Å². The van der Waals surface area contributed by atoms with E-state index in [2.05, 4.69) is 5.32 Å². The number of amides is 1. The molecule has 1 N–H and O–H groups in total. The van der Waals surface area contributed by atoms with E-state index in [1.165, 1.54) is 12.1 Å². The molecule has 1 aromatic carbocycles. The fourth-order valence-corrected chi connectivity index (χ4v) is 2.31.